The number of hydrogen-bond acceptors (Lipinski definition) is 1. The van der Waals surface area contributed by atoms with Crippen LogP contribution in [0, 0.1) is 11.3 Å². The second-order valence-corrected chi connectivity index (χ2v) is 2.91. The number of nitrogens with zero attached hydrogens (tertiary/aromatic N) is 1. The molecule has 0 aliphatic rings. The van der Waals surface area contributed by atoms with Crippen LogP contribution in [0.1, 0.15) is 12.8 Å². The molecule has 0 rings (SSSR count). The van der Waals surface area contributed by atoms with Crippen molar-refractivity contribution in [1.29, 1.82) is 5.26 Å². The molecule has 0 radical (unpaired) electrons. The van der Waals surface area contributed by atoms with E-state index in [1.807, 2.05) is 0 Å². The van der Waals surface area contributed by atoms with Crippen LogP contribution >= 0.6 is 27.5 Å². The van der Waals surface area contributed by atoms with Crippen LogP contribution in [0.5, 0.6) is 0 Å². The Morgan fingerprint density at radius 3 is 2.75 bits per heavy atom. The molecule has 0 N–H and O–H groups in total. The summed E-state index contributed by atoms with van der Waals surface area (Å²) in [5.41, 5.74) is 0. The third kappa shape index (κ3) is 4.42. The molecule has 0 fully saturated rings. The first-order valence-electron chi connectivity index (χ1n) is 2.41. The van der Waals surface area contributed by atoms with Crippen LogP contribution in [0.15, 0.2) is 0 Å². The normalized spacial score (nSPS) is 12.6. The summed E-state index contributed by atoms with van der Waals surface area (Å²) in [5, 5.41) is 8.22. The lowest BCUT2D eigenvalue weighted by atomic mass is 10.3. The van der Waals surface area contributed by atoms with Crippen LogP contribution in [0.4, 0.5) is 0 Å². The van der Waals surface area contributed by atoms with Crippen molar-refractivity contribution in [2.75, 3.05) is 5.88 Å². The molecule has 1 nitrogen and oxygen atoms in total. The second-order valence-electron chi connectivity index (χ2n) is 1.43. The summed E-state index contributed by atoms with van der Waals surface area (Å²) in [5.74, 6) is 0.643. The average molecular weight is 196 g/mol. The first-order chi connectivity index (χ1) is 3.81. The first kappa shape index (κ1) is 8.26. The van der Waals surface area contributed by atoms with Crippen molar-refractivity contribution in [3.8, 4) is 6.07 Å². The van der Waals surface area contributed by atoms with Gasteiger partial charge in [-0.05, 0) is 12.8 Å². The SMILES string of the molecule is N#CC(Br)CCCCl. The van der Waals surface area contributed by atoms with E-state index >= 15 is 0 Å². The Bertz CT molecular complexity index is 88.9. The van der Waals surface area contributed by atoms with Gasteiger partial charge in [0.1, 0.15) is 4.83 Å². The summed E-state index contributed by atoms with van der Waals surface area (Å²) < 4.78 is 0. The standard InChI is InChI=1S/C5H7BrClN/c6-5(4-8)2-1-3-7/h5H,1-3H2. The summed E-state index contributed by atoms with van der Waals surface area (Å²) in [6, 6.07) is 2.06. The lowest BCUT2D eigenvalue weighted by Crippen LogP contribution is -1.91. The van der Waals surface area contributed by atoms with E-state index in [0.717, 1.165) is 12.8 Å². The van der Waals surface area contributed by atoms with Gasteiger partial charge in [0.05, 0.1) is 6.07 Å². The molecule has 0 bridgehead atoms. The quantitative estimate of drug-likeness (QED) is 0.636. The zero-order chi connectivity index (χ0) is 6.41. The Kier molecular flexibility index (Phi) is 5.57. The van der Waals surface area contributed by atoms with Crippen molar-refractivity contribution in [2.45, 2.75) is 17.7 Å². The van der Waals surface area contributed by atoms with Crippen molar-refractivity contribution in [3.05, 3.63) is 0 Å². The van der Waals surface area contributed by atoms with Crippen molar-refractivity contribution in [1.82, 2.24) is 0 Å². The van der Waals surface area contributed by atoms with E-state index in [1.165, 1.54) is 0 Å². The Hall–Kier alpha value is 0.260. The van der Waals surface area contributed by atoms with E-state index in [1.54, 1.807) is 0 Å². The van der Waals surface area contributed by atoms with Crippen molar-refractivity contribution in [2.24, 2.45) is 0 Å². The van der Waals surface area contributed by atoms with E-state index in [2.05, 4.69) is 22.0 Å². The third-order valence-electron chi connectivity index (χ3n) is 0.731. The minimum Gasteiger partial charge on any atom is -0.197 e. The predicted octanol–water partition coefficient (Wildman–Crippen LogP) is 2.29. The molecular weight excluding hydrogens is 189 g/mol. The van der Waals surface area contributed by atoms with Gasteiger partial charge in [-0.2, -0.15) is 5.26 Å². The van der Waals surface area contributed by atoms with Gasteiger partial charge in [-0.15, -0.1) is 11.6 Å². The molecule has 3 heteroatoms. The highest BCUT2D eigenvalue weighted by Crippen LogP contribution is 2.06. The maximum absolute atomic E-state index is 8.22. The fourth-order valence-corrected chi connectivity index (χ4v) is 0.799. The monoisotopic (exact) mass is 195 g/mol. The number of halogens is 2. The summed E-state index contributed by atoms with van der Waals surface area (Å²) in [6.45, 7) is 0. The molecule has 1 unspecified atom stereocenters. The van der Waals surface area contributed by atoms with Crippen LogP contribution in [-0.4, -0.2) is 10.7 Å². The zero-order valence-corrected chi connectivity index (χ0v) is 6.74. The minimum atomic E-state index is -0.0127. The molecule has 0 aromatic rings. The highest BCUT2D eigenvalue weighted by atomic mass is 79.9. The molecule has 0 aliphatic heterocycles. The maximum Gasteiger partial charge on any atom is 0.101 e. The summed E-state index contributed by atoms with van der Waals surface area (Å²) in [4.78, 5) is -0.0127. The van der Waals surface area contributed by atoms with Gasteiger partial charge in [0.15, 0.2) is 0 Å². The molecule has 46 valence electrons. The van der Waals surface area contributed by atoms with Gasteiger partial charge in [-0.25, -0.2) is 0 Å². The predicted molar refractivity (Wildman–Crippen MR) is 38.3 cm³/mol. The fraction of sp³-hybridized carbons (Fsp3) is 0.800. The smallest absolute Gasteiger partial charge is 0.101 e. The van der Waals surface area contributed by atoms with Gasteiger partial charge in [0.2, 0.25) is 0 Å². The van der Waals surface area contributed by atoms with Gasteiger partial charge < -0.3 is 0 Å². The van der Waals surface area contributed by atoms with Crippen LogP contribution in [-0.2, 0) is 0 Å². The van der Waals surface area contributed by atoms with Crippen LogP contribution < -0.4 is 0 Å². The molecule has 0 aromatic heterocycles. The number of hydrogen-bond donors (Lipinski definition) is 0. The molecule has 0 amide bonds. The van der Waals surface area contributed by atoms with Gasteiger partial charge in [-0.1, -0.05) is 15.9 Å². The molecule has 0 aromatic carbocycles. The largest absolute Gasteiger partial charge is 0.197 e. The van der Waals surface area contributed by atoms with Gasteiger partial charge in [-0.3, -0.25) is 0 Å². The van der Waals surface area contributed by atoms with E-state index in [9.17, 15) is 0 Å². The van der Waals surface area contributed by atoms with Gasteiger partial charge in [0, 0.05) is 5.88 Å². The second kappa shape index (κ2) is 5.40. The van der Waals surface area contributed by atoms with E-state index in [4.69, 9.17) is 16.9 Å². The minimum absolute atomic E-state index is 0.0127. The molecule has 0 saturated heterocycles. The van der Waals surface area contributed by atoms with E-state index in [-0.39, 0.29) is 4.83 Å². The molecular formula is C5H7BrClN. The topological polar surface area (TPSA) is 23.8 Å². The summed E-state index contributed by atoms with van der Waals surface area (Å²) in [6.07, 6.45) is 1.75. The number of rotatable bonds is 3. The lowest BCUT2D eigenvalue weighted by molar-refractivity contribution is 0.847. The Balaban J connectivity index is 3.02. The van der Waals surface area contributed by atoms with Gasteiger partial charge in [0.25, 0.3) is 0 Å². The van der Waals surface area contributed by atoms with Crippen LogP contribution in [0.2, 0.25) is 0 Å². The zero-order valence-electron chi connectivity index (χ0n) is 4.40. The Morgan fingerprint density at radius 1 is 1.75 bits per heavy atom. The molecule has 0 aliphatic carbocycles. The van der Waals surface area contributed by atoms with Crippen LogP contribution in [0.25, 0.3) is 0 Å². The molecule has 1 atom stereocenters. The first-order valence-corrected chi connectivity index (χ1v) is 3.86. The fourth-order valence-electron chi connectivity index (χ4n) is 0.321. The van der Waals surface area contributed by atoms with Crippen molar-refractivity contribution < 1.29 is 0 Å². The number of alkyl halides is 2. The molecule has 0 spiro atoms. The van der Waals surface area contributed by atoms with Crippen LogP contribution in [0.3, 0.4) is 0 Å². The van der Waals surface area contributed by atoms with E-state index < -0.39 is 0 Å². The highest BCUT2D eigenvalue weighted by molar-refractivity contribution is 9.09. The molecule has 0 saturated carbocycles. The maximum atomic E-state index is 8.22. The third-order valence-corrected chi connectivity index (χ3v) is 1.66. The number of nitriles is 1. The summed E-state index contributed by atoms with van der Waals surface area (Å²) >= 11 is 8.53. The molecule has 0 heterocycles. The Labute approximate surface area is 62.8 Å². The lowest BCUT2D eigenvalue weighted by Gasteiger charge is -1.93. The summed E-state index contributed by atoms with van der Waals surface area (Å²) in [7, 11) is 0. The highest BCUT2D eigenvalue weighted by Gasteiger charge is 1.97. The van der Waals surface area contributed by atoms with E-state index in [0.29, 0.717) is 5.88 Å². The van der Waals surface area contributed by atoms with Gasteiger partial charge >= 0.3 is 0 Å². The molecule has 8 heavy (non-hydrogen) atoms. The van der Waals surface area contributed by atoms with Crippen molar-refractivity contribution >= 4 is 27.5 Å². The Morgan fingerprint density at radius 2 is 2.38 bits per heavy atom. The average Bonchev–Trinajstić information content (AvgIpc) is 1.83. The van der Waals surface area contributed by atoms with Crippen molar-refractivity contribution in [3.63, 3.8) is 0 Å².